The van der Waals surface area contributed by atoms with Crippen molar-refractivity contribution in [3.63, 3.8) is 0 Å². The van der Waals surface area contributed by atoms with Gasteiger partial charge >= 0.3 is 5.97 Å². The summed E-state index contributed by atoms with van der Waals surface area (Å²) in [5.41, 5.74) is 2.22. The van der Waals surface area contributed by atoms with Crippen LogP contribution in [0.3, 0.4) is 0 Å². The van der Waals surface area contributed by atoms with Crippen LogP contribution in [0.5, 0.6) is 0 Å². The van der Waals surface area contributed by atoms with Gasteiger partial charge in [0.2, 0.25) is 10.0 Å². The van der Waals surface area contributed by atoms with Gasteiger partial charge in [0.15, 0.2) is 0 Å². The smallest absolute Gasteiger partial charge is 0.330 e. The van der Waals surface area contributed by atoms with Gasteiger partial charge in [-0.1, -0.05) is 56.3 Å². The fraction of sp³-hybridized carbons (Fsp3) is 0.381. The fourth-order valence-electron chi connectivity index (χ4n) is 2.89. The highest BCUT2D eigenvalue weighted by molar-refractivity contribution is 7.92. The average Bonchev–Trinajstić information content (AvgIpc) is 2.66. The predicted molar refractivity (Wildman–Crippen MR) is 110 cm³/mol. The van der Waals surface area contributed by atoms with Crippen molar-refractivity contribution in [3.8, 4) is 0 Å². The third kappa shape index (κ3) is 5.81. The van der Waals surface area contributed by atoms with Crippen molar-refractivity contribution in [2.45, 2.75) is 38.8 Å². The molecule has 0 aromatic heterocycles. The molecular weight excluding hydrogens is 378 g/mol. The van der Waals surface area contributed by atoms with E-state index in [1.165, 1.54) is 0 Å². The van der Waals surface area contributed by atoms with Crippen LogP contribution < -0.4 is 4.31 Å². The number of carbonyl (C=O) groups excluding carboxylic acids is 1. The van der Waals surface area contributed by atoms with Crippen molar-refractivity contribution in [2.75, 3.05) is 17.2 Å². The number of rotatable bonds is 9. The molecule has 6 nitrogen and oxygen atoms in total. The largest absolute Gasteiger partial charge is 0.459 e. The van der Waals surface area contributed by atoms with Gasteiger partial charge in [-0.25, -0.2) is 13.2 Å². The number of anilines is 1. The molecule has 0 aliphatic carbocycles. The van der Waals surface area contributed by atoms with Crippen LogP contribution in [0.2, 0.25) is 0 Å². The van der Waals surface area contributed by atoms with E-state index < -0.39 is 22.0 Å². The lowest BCUT2D eigenvalue weighted by Crippen LogP contribution is -2.46. The molecule has 2 aromatic carbocycles. The second kappa shape index (κ2) is 9.71. The van der Waals surface area contributed by atoms with E-state index in [-0.39, 0.29) is 19.6 Å². The number of ether oxygens (including phenoxy) is 1. The van der Waals surface area contributed by atoms with Gasteiger partial charge in [-0.05, 0) is 29.2 Å². The Kier molecular flexibility index (Phi) is 7.60. The van der Waals surface area contributed by atoms with E-state index in [0.717, 1.165) is 21.7 Å². The number of benzene rings is 2. The number of aliphatic hydroxyl groups excluding tert-OH is 1. The van der Waals surface area contributed by atoms with E-state index in [1.54, 1.807) is 12.1 Å². The lowest BCUT2D eigenvalue weighted by atomic mass is 10.0. The second-order valence-electron chi connectivity index (χ2n) is 6.93. The first kappa shape index (κ1) is 21.9. The minimum atomic E-state index is -3.78. The molecule has 1 N–H and O–H groups in total. The van der Waals surface area contributed by atoms with Crippen LogP contribution in [0, 0.1) is 0 Å². The third-order valence-electron chi connectivity index (χ3n) is 4.35. The predicted octanol–water partition coefficient (Wildman–Crippen LogP) is 3.07. The lowest BCUT2D eigenvalue weighted by molar-refractivity contribution is -0.146. The zero-order valence-electron chi connectivity index (χ0n) is 16.4. The van der Waals surface area contributed by atoms with Crippen LogP contribution in [0.4, 0.5) is 5.69 Å². The van der Waals surface area contributed by atoms with Crippen molar-refractivity contribution >= 4 is 21.7 Å². The molecular formula is C21H27NO5S. The molecule has 0 saturated carbocycles. The molecule has 0 aliphatic rings. The van der Waals surface area contributed by atoms with E-state index in [1.807, 2.05) is 56.3 Å². The summed E-state index contributed by atoms with van der Waals surface area (Å²) in [7, 11) is -3.78. The van der Waals surface area contributed by atoms with Gasteiger partial charge in [-0.2, -0.15) is 0 Å². The van der Waals surface area contributed by atoms with Crippen LogP contribution in [-0.4, -0.2) is 38.4 Å². The maximum absolute atomic E-state index is 12.7. The Labute approximate surface area is 166 Å². The molecule has 2 rings (SSSR count). The van der Waals surface area contributed by atoms with Crippen molar-refractivity contribution in [2.24, 2.45) is 0 Å². The second-order valence-corrected chi connectivity index (χ2v) is 8.79. The highest BCUT2D eigenvalue weighted by atomic mass is 32.2. The summed E-state index contributed by atoms with van der Waals surface area (Å²) in [5.74, 6) is -0.402. The van der Waals surface area contributed by atoms with Crippen LogP contribution in [0.15, 0.2) is 54.6 Å². The molecule has 0 saturated heterocycles. The average molecular weight is 406 g/mol. The summed E-state index contributed by atoms with van der Waals surface area (Å²) in [6, 6.07) is 15.0. The Morgan fingerprint density at radius 1 is 1.07 bits per heavy atom. The number of nitrogens with zero attached hydrogens (tertiary/aromatic N) is 1. The van der Waals surface area contributed by atoms with Crippen LogP contribution >= 0.6 is 0 Å². The molecule has 0 radical (unpaired) electrons. The van der Waals surface area contributed by atoms with E-state index in [4.69, 9.17) is 4.74 Å². The van der Waals surface area contributed by atoms with Crippen molar-refractivity contribution < 1.29 is 23.1 Å². The topological polar surface area (TPSA) is 83.9 Å². The molecule has 0 bridgehead atoms. The molecule has 28 heavy (non-hydrogen) atoms. The molecule has 7 heteroatoms. The quantitative estimate of drug-likeness (QED) is 0.648. The highest BCUT2D eigenvalue weighted by Crippen LogP contribution is 2.26. The number of esters is 1. The summed E-state index contributed by atoms with van der Waals surface area (Å²) in [6.07, 6.45) is 0.977. The molecule has 152 valence electrons. The summed E-state index contributed by atoms with van der Waals surface area (Å²) >= 11 is 0. The number of aliphatic hydroxyl groups is 1. The monoisotopic (exact) mass is 405 g/mol. The molecule has 0 unspecified atom stereocenters. The van der Waals surface area contributed by atoms with Crippen molar-refractivity contribution in [1.82, 2.24) is 0 Å². The molecule has 0 fully saturated rings. The van der Waals surface area contributed by atoms with Crippen LogP contribution in [-0.2, 0) is 26.2 Å². The number of sulfonamides is 1. The van der Waals surface area contributed by atoms with Gasteiger partial charge in [0.25, 0.3) is 0 Å². The summed E-state index contributed by atoms with van der Waals surface area (Å²) in [4.78, 5) is 12.7. The molecule has 0 heterocycles. The Hall–Kier alpha value is -2.38. The van der Waals surface area contributed by atoms with Crippen molar-refractivity contribution in [1.29, 1.82) is 0 Å². The standard InChI is InChI=1S/C21H27NO5S/c1-16(2)18-9-11-19(12-10-18)22(28(3,25)26)20(13-14-23)21(24)27-15-17-7-5-4-6-8-17/h4-12,16,20,23H,13-15H2,1-3H3/t20-/m0/s1. The first-order chi connectivity index (χ1) is 13.2. The molecule has 1 atom stereocenters. The zero-order chi connectivity index (χ0) is 20.7. The lowest BCUT2D eigenvalue weighted by Gasteiger charge is -2.30. The first-order valence-corrected chi connectivity index (χ1v) is 11.0. The van der Waals surface area contributed by atoms with Gasteiger partial charge in [0.05, 0.1) is 11.9 Å². The summed E-state index contributed by atoms with van der Waals surface area (Å²) < 4.78 is 31.3. The number of carbonyl (C=O) groups is 1. The fourth-order valence-corrected chi connectivity index (χ4v) is 4.05. The Bertz CT molecular complexity index is 863. The van der Waals surface area contributed by atoms with E-state index >= 15 is 0 Å². The highest BCUT2D eigenvalue weighted by Gasteiger charge is 2.33. The minimum Gasteiger partial charge on any atom is -0.459 e. The van der Waals surface area contributed by atoms with Crippen molar-refractivity contribution in [3.05, 3.63) is 65.7 Å². The van der Waals surface area contributed by atoms with E-state index in [0.29, 0.717) is 11.6 Å². The maximum Gasteiger partial charge on any atom is 0.330 e. The van der Waals surface area contributed by atoms with Gasteiger partial charge in [-0.3, -0.25) is 4.31 Å². The molecule has 0 spiro atoms. The SMILES string of the molecule is CC(C)c1ccc(N([C@@H](CCO)C(=O)OCc2ccccc2)S(C)(=O)=O)cc1. The summed E-state index contributed by atoms with van der Waals surface area (Å²) in [5, 5.41) is 9.42. The third-order valence-corrected chi connectivity index (χ3v) is 5.53. The first-order valence-electron chi connectivity index (χ1n) is 9.15. The number of hydrogen-bond acceptors (Lipinski definition) is 5. The Morgan fingerprint density at radius 3 is 2.18 bits per heavy atom. The molecule has 0 aliphatic heterocycles. The van der Waals surface area contributed by atoms with Gasteiger partial charge in [0, 0.05) is 13.0 Å². The Balaban J connectivity index is 2.29. The normalized spacial score (nSPS) is 12.6. The van der Waals surface area contributed by atoms with Gasteiger partial charge in [-0.15, -0.1) is 0 Å². The van der Waals surface area contributed by atoms with E-state index in [2.05, 4.69) is 0 Å². The molecule has 2 aromatic rings. The Morgan fingerprint density at radius 2 is 1.68 bits per heavy atom. The number of hydrogen-bond donors (Lipinski definition) is 1. The van der Waals surface area contributed by atoms with Gasteiger partial charge in [0.1, 0.15) is 12.6 Å². The molecule has 0 amide bonds. The van der Waals surface area contributed by atoms with E-state index in [9.17, 15) is 18.3 Å². The van der Waals surface area contributed by atoms with Crippen LogP contribution in [0.1, 0.15) is 37.3 Å². The zero-order valence-corrected chi connectivity index (χ0v) is 17.2. The van der Waals surface area contributed by atoms with Gasteiger partial charge < -0.3 is 9.84 Å². The minimum absolute atomic E-state index is 0.0332. The maximum atomic E-state index is 12.7. The summed E-state index contributed by atoms with van der Waals surface area (Å²) in [6.45, 7) is 3.77. The van der Waals surface area contributed by atoms with Crippen LogP contribution in [0.25, 0.3) is 0 Å².